The van der Waals surface area contributed by atoms with E-state index in [9.17, 15) is 4.79 Å². The van der Waals surface area contributed by atoms with Crippen molar-refractivity contribution in [1.82, 2.24) is 15.1 Å². The van der Waals surface area contributed by atoms with Gasteiger partial charge in [-0.25, -0.2) is 0 Å². The summed E-state index contributed by atoms with van der Waals surface area (Å²) in [5.74, 6) is 0.625. The number of nitrogens with one attached hydrogen (secondary N) is 2. The number of ether oxygens (including phenoxy) is 1. The predicted octanol–water partition coefficient (Wildman–Crippen LogP) is 0.610. The molecule has 1 aromatic heterocycles. The minimum atomic E-state index is 0.0198. The second kappa shape index (κ2) is 6.51. The van der Waals surface area contributed by atoms with E-state index < -0.39 is 0 Å². The Morgan fingerprint density at radius 3 is 3.33 bits per heavy atom. The molecule has 0 spiro atoms. The highest BCUT2D eigenvalue weighted by atomic mass is 16.5. The van der Waals surface area contributed by atoms with Crippen LogP contribution in [0, 0.1) is 0 Å². The van der Waals surface area contributed by atoms with Gasteiger partial charge in [-0.05, 0) is 19.4 Å². The minimum Gasteiger partial charge on any atom is -0.383 e. The van der Waals surface area contributed by atoms with Gasteiger partial charge in [-0.2, -0.15) is 5.10 Å². The van der Waals surface area contributed by atoms with Crippen LogP contribution < -0.4 is 10.6 Å². The molecule has 0 bridgehead atoms. The molecule has 1 saturated heterocycles. The number of methoxy groups -OCH3 is 1. The van der Waals surface area contributed by atoms with Crippen LogP contribution in [0.2, 0.25) is 0 Å². The topological polar surface area (TPSA) is 68.2 Å². The van der Waals surface area contributed by atoms with E-state index in [-0.39, 0.29) is 5.91 Å². The highest BCUT2D eigenvalue weighted by molar-refractivity contribution is 5.90. The van der Waals surface area contributed by atoms with Crippen LogP contribution in [0.5, 0.6) is 0 Å². The fourth-order valence-corrected chi connectivity index (χ4v) is 2.09. The Kier molecular flexibility index (Phi) is 4.72. The lowest BCUT2D eigenvalue weighted by Gasteiger charge is -2.08. The van der Waals surface area contributed by atoms with Gasteiger partial charge in [0.15, 0.2) is 5.82 Å². The molecule has 18 heavy (non-hydrogen) atoms. The molecule has 1 fully saturated rings. The van der Waals surface area contributed by atoms with E-state index in [0.29, 0.717) is 31.4 Å². The summed E-state index contributed by atoms with van der Waals surface area (Å²) >= 11 is 0. The summed E-state index contributed by atoms with van der Waals surface area (Å²) in [6, 6.07) is 2.12. The summed E-state index contributed by atoms with van der Waals surface area (Å²) in [4.78, 5) is 11.8. The molecule has 6 nitrogen and oxygen atoms in total. The Bertz CT molecular complexity index is 385. The van der Waals surface area contributed by atoms with Crippen molar-refractivity contribution >= 4 is 11.7 Å². The van der Waals surface area contributed by atoms with E-state index in [2.05, 4.69) is 15.7 Å². The fraction of sp³-hybridized carbons (Fsp3) is 0.667. The summed E-state index contributed by atoms with van der Waals surface area (Å²) < 4.78 is 6.73. The van der Waals surface area contributed by atoms with E-state index in [1.165, 1.54) is 0 Å². The summed E-state index contributed by atoms with van der Waals surface area (Å²) in [6.07, 6.45) is 4.59. The maximum Gasteiger partial charge on any atom is 0.227 e. The number of hydrogen-bond donors (Lipinski definition) is 2. The van der Waals surface area contributed by atoms with Gasteiger partial charge >= 0.3 is 0 Å². The highest BCUT2D eigenvalue weighted by Gasteiger charge is 2.17. The molecule has 0 saturated carbocycles. The van der Waals surface area contributed by atoms with Crippen LogP contribution in [0.4, 0.5) is 5.82 Å². The van der Waals surface area contributed by atoms with Crippen molar-refractivity contribution in [3.8, 4) is 0 Å². The summed E-state index contributed by atoms with van der Waals surface area (Å²) in [7, 11) is 1.65. The summed E-state index contributed by atoms with van der Waals surface area (Å²) in [5.41, 5.74) is 0. The number of aromatic nitrogens is 2. The highest BCUT2D eigenvalue weighted by Crippen LogP contribution is 2.10. The van der Waals surface area contributed by atoms with Gasteiger partial charge < -0.3 is 15.4 Å². The summed E-state index contributed by atoms with van der Waals surface area (Å²) in [6.45, 7) is 2.32. The van der Waals surface area contributed by atoms with Gasteiger partial charge in [-0.15, -0.1) is 0 Å². The molecular formula is C12H20N4O2. The third-order valence-electron chi connectivity index (χ3n) is 3.03. The number of nitrogens with zero attached hydrogens (tertiary/aromatic N) is 2. The van der Waals surface area contributed by atoms with Crippen LogP contribution in [0.15, 0.2) is 12.3 Å². The zero-order valence-corrected chi connectivity index (χ0v) is 10.7. The van der Waals surface area contributed by atoms with Crippen LogP contribution >= 0.6 is 0 Å². The van der Waals surface area contributed by atoms with Gasteiger partial charge in [0, 0.05) is 31.8 Å². The van der Waals surface area contributed by atoms with E-state index >= 15 is 0 Å². The standard InChI is InChI=1S/C12H20N4O2/c1-18-8-7-16-6-4-11(15-16)14-12(17)9-10-3-2-5-13-10/h4,6,10,13H,2-3,5,7-9H2,1H3,(H,14,15,17). The lowest BCUT2D eigenvalue weighted by molar-refractivity contribution is -0.116. The Labute approximate surface area is 107 Å². The Hall–Kier alpha value is -1.40. The number of amides is 1. The first-order chi connectivity index (χ1) is 8.78. The maximum atomic E-state index is 11.8. The van der Waals surface area contributed by atoms with Gasteiger partial charge in [0.05, 0.1) is 13.2 Å². The molecule has 100 valence electrons. The molecule has 2 rings (SSSR count). The van der Waals surface area contributed by atoms with Crippen molar-refractivity contribution in [2.75, 3.05) is 25.6 Å². The van der Waals surface area contributed by atoms with E-state index in [1.54, 1.807) is 17.9 Å². The van der Waals surface area contributed by atoms with E-state index in [0.717, 1.165) is 19.4 Å². The van der Waals surface area contributed by atoms with Crippen molar-refractivity contribution < 1.29 is 9.53 Å². The molecule has 1 aliphatic heterocycles. The largest absolute Gasteiger partial charge is 0.383 e. The first kappa shape index (κ1) is 13.0. The Morgan fingerprint density at radius 1 is 1.72 bits per heavy atom. The van der Waals surface area contributed by atoms with Crippen molar-refractivity contribution in [3.05, 3.63) is 12.3 Å². The lowest BCUT2D eigenvalue weighted by Crippen LogP contribution is -2.27. The van der Waals surface area contributed by atoms with Crippen molar-refractivity contribution in [2.45, 2.75) is 31.8 Å². The second-order valence-corrected chi connectivity index (χ2v) is 4.50. The third-order valence-corrected chi connectivity index (χ3v) is 3.03. The zero-order valence-electron chi connectivity index (χ0n) is 10.7. The molecule has 1 aliphatic rings. The molecule has 6 heteroatoms. The average molecular weight is 252 g/mol. The Morgan fingerprint density at radius 2 is 2.61 bits per heavy atom. The smallest absolute Gasteiger partial charge is 0.227 e. The first-order valence-electron chi connectivity index (χ1n) is 6.33. The number of hydrogen-bond acceptors (Lipinski definition) is 4. The minimum absolute atomic E-state index is 0.0198. The molecule has 1 aromatic rings. The van der Waals surface area contributed by atoms with Crippen molar-refractivity contribution in [2.24, 2.45) is 0 Å². The predicted molar refractivity (Wildman–Crippen MR) is 68.4 cm³/mol. The van der Waals surface area contributed by atoms with Gasteiger partial charge in [-0.1, -0.05) is 0 Å². The molecule has 1 amide bonds. The van der Waals surface area contributed by atoms with Gasteiger partial charge in [0.1, 0.15) is 0 Å². The van der Waals surface area contributed by atoms with Crippen molar-refractivity contribution in [3.63, 3.8) is 0 Å². The van der Waals surface area contributed by atoms with Crippen LogP contribution in [-0.2, 0) is 16.1 Å². The monoisotopic (exact) mass is 252 g/mol. The second-order valence-electron chi connectivity index (χ2n) is 4.50. The van der Waals surface area contributed by atoms with Crippen molar-refractivity contribution in [1.29, 1.82) is 0 Å². The summed E-state index contributed by atoms with van der Waals surface area (Å²) in [5, 5.41) is 10.4. The van der Waals surface area contributed by atoms with Crippen LogP contribution in [0.3, 0.4) is 0 Å². The molecule has 1 atom stereocenters. The number of carbonyl (C=O) groups is 1. The normalized spacial score (nSPS) is 19.1. The third kappa shape index (κ3) is 3.82. The first-order valence-corrected chi connectivity index (χ1v) is 6.33. The van der Waals surface area contributed by atoms with Crippen LogP contribution in [0.1, 0.15) is 19.3 Å². The number of carbonyl (C=O) groups excluding carboxylic acids is 1. The Balaban J connectivity index is 1.77. The zero-order chi connectivity index (χ0) is 12.8. The fourth-order valence-electron chi connectivity index (χ4n) is 2.09. The number of rotatable bonds is 6. The molecular weight excluding hydrogens is 232 g/mol. The van der Waals surface area contributed by atoms with E-state index in [1.807, 2.05) is 6.20 Å². The maximum absolute atomic E-state index is 11.8. The SMILES string of the molecule is COCCn1ccc(NC(=O)CC2CCCN2)n1. The van der Waals surface area contributed by atoms with Gasteiger partial charge in [0.25, 0.3) is 0 Å². The lowest BCUT2D eigenvalue weighted by atomic mass is 10.1. The molecule has 0 radical (unpaired) electrons. The molecule has 2 N–H and O–H groups in total. The molecule has 2 heterocycles. The molecule has 0 aromatic carbocycles. The van der Waals surface area contributed by atoms with Crippen LogP contribution in [-0.4, -0.2) is 42.0 Å². The molecule has 1 unspecified atom stereocenters. The quantitative estimate of drug-likeness (QED) is 0.778. The average Bonchev–Trinajstić information content (AvgIpc) is 2.98. The number of anilines is 1. The van der Waals surface area contributed by atoms with Gasteiger partial charge in [0.2, 0.25) is 5.91 Å². The molecule has 0 aliphatic carbocycles. The van der Waals surface area contributed by atoms with E-state index in [4.69, 9.17) is 4.74 Å². The van der Waals surface area contributed by atoms with Gasteiger partial charge in [-0.3, -0.25) is 9.48 Å². The van der Waals surface area contributed by atoms with Crippen LogP contribution in [0.25, 0.3) is 0 Å².